The fraction of sp³-hybridized carbons (Fsp3) is 0.552. The second kappa shape index (κ2) is 14.7. The predicted octanol–water partition coefficient (Wildman–Crippen LogP) is 6.57. The van der Waals surface area contributed by atoms with Crippen molar-refractivity contribution in [3.63, 3.8) is 0 Å². The summed E-state index contributed by atoms with van der Waals surface area (Å²) in [6.45, 7) is 5.83. The lowest BCUT2D eigenvalue weighted by Crippen LogP contribution is -2.43. The molecule has 2 aromatic rings. The van der Waals surface area contributed by atoms with Gasteiger partial charge in [-0.05, 0) is 31.4 Å². The van der Waals surface area contributed by atoms with Gasteiger partial charge in [0, 0.05) is 12.0 Å². The fourth-order valence-electron chi connectivity index (χ4n) is 4.06. The van der Waals surface area contributed by atoms with Crippen molar-refractivity contribution in [2.45, 2.75) is 77.9 Å². The Morgan fingerprint density at radius 1 is 0.909 bits per heavy atom. The third kappa shape index (κ3) is 11.4. The molecule has 1 unspecified atom stereocenters. The van der Waals surface area contributed by atoms with Crippen molar-refractivity contribution in [1.29, 1.82) is 0 Å². The summed E-state index contributed by atoms with van der Waals surface area (Å²) in [6, 6.07) is 18.6. The third-order valence-electron chi connectivity index (χ3n) is 5.90. The van der Waals surface area contributed by atoms with Gasteiger partial charge >= 0.3 is 5.97 Å². The van der Waals surface area contributed by atoms with Crippen LogP contribution < -0.4 is 4.74 Å². The van der Waals surface area contributed by atoms with Crippen molar-refractivity contribution in [1.82, 2.24) is 0 Å². The first-order valence-corrected chi connectivity index (χ1v) is 12.7. The van der Waals surface area contributed by atoms with Crippen molar-refractivity contribution in [3.05, 3.63) is 65.7 Å². The predicted molar refractivity (Wildman–Crippen MR) is 136 cm³/mol. The number of nitrogens with zero attached hydrogens (tertiary/aromatic N) is 1. The fourth-order valence-corrected chi connectivity index (χ4v) is 4.06. The Morgan fingerprint density at radius 3 is 2.33 bits per heavy atom. The van der Waals surface area contributed by atoms with Crippen LogP contribution in [0.4, 0.5) is 0 Å². The van der Waals surface area contributed by atoms with Crippen LogP contribution in [-0.4, -0.2) is 43.8 Å². The number of hydrogen-bond acceptors (Lipinski definition) is 3. The van der Waals surface area contributed by atoms with Gasteiger partial charge in [0.15, 0.2) is 6.54 Å². The molecule has 1 atom stereocenters. The van der Waals surface area contributed by atoms with E-state index in [1.54, 1.807) is 0 Å². The second-order valence-electron chi connectivity index (χ2n) is 9.80. The summed E-state index contributed by atoms with van der Waals surface area (Å²) in [5.74, 6) is 0.803. The molecule has 0 saturated carbocycles. The summed E-state index contributed by atoms with van der Waals surface area (Å²) >= 11 is 0. The number of esters is 1. The third-order valence-corrected chi connectivity index (χ3v) is 5.90. The summed E-state index contributed by atoms with van der Waals surface area (Å²) in [6.07, 6.45) is 9.50. The molecule has 0 aliphatic carbocycles. The molecule has 4 nitrogen and oxygen atoms in total. The molecule has 0 heterocycles. The van der Waals surface area contributed by atoms with Crippen LogP contribution in [0.2, 0.25) is 0 Å². The van der Waals surface area contributed by atoms with Crippen molar-refractivity contribution < 1.29 is 18.8 Å². The highest BCUT2D eigenvalue weighted by Crippen LogP contribution is 2.22. The van der Waals surface area contributed by atoms with Crippen molar-refractivity contribution in [2.24, 2.45) is 0 Å². The number of unbranched alkanes of at least 4 members (excludes halogenated alkanes) is 5. The van der Waals surface area contributed by atoms with Gasteiger partial charge in [-0.2, -0.15) is 0 Å². The second-order valence-corrected chi connectivity index (χ2v) is 9.80. The highest BCUT2D eigenvalue weighted by molar-refractivity contribution is 5.70. The van der Waals surface area contributed by atoms with E-state index < -0.39 is 0 Å². The molecular weight excluding hydrogens is 410 g/mol. The van der Waals surface area contributed by atoms with Crippen molar-refractivity contribution >= 4 is 5.97 Å². The van der Waals surface area contributed by atoms with Gasteiger partial charge in [0.05, 0.1) is 26.8 Å². The van der Waals surface area contributed by atoms with E-state index in [1.807, 2.05) is 31.2 Å². The first kappa shape index (κ1) is 26.9. The van der Waals surface area contributed by atoms with E-state index in [1.165, 1.54) is 49.7 Å². The van der Waals surface area contributed by atoms with E-state index in [0.717, 1.165) is 18.7 Å². The van der Waals surface area contributed by atoms with Crippen LogP contribution in [0.3, 0.4) is 0 Å². The highest BCUT2D eigenvalue weighted by Gasteiger charge is 2.22. The molecule has 0 radical (unpaired) electrons. The molecule has 0 aliphatic rings. The number of para-hydroxylation sites is 1. The minimum Gasteiger partial charge on any atom is -0.490 e. The molecule has 4 heteroatoms. The zero-order chi connectivity index (χ0) is 23.9. The molecule has 0 aliphatic heterocycles. The van der Waals surface area contributed by atoms with Crippen molar-refractivity contribution in [3.8, 4) is 5.75 Å². The average Bonchev–Trinajstić information content (AvgIpc) is 2.77. The van der Waals surface area contributed by atoms with Gasteiger partial charge in [-0.15, -0.1) is 0 Å². The SMILES string of the molecule is CCCCCCCCc1ccccc1OC(C)CCOC(=O)C[N+](C)(C)Cc1ccccc1. The Bertz CT molecular complexity index is 804. The lowest BCUT2D eigenvalue weighted by Gasteiger charge is -2.28. The minimum absolute atomic E-state index is 0.00433. The molecule has 0 amide bonds. The molecule has 33 heavy (non-hydrogen) atoms. The van der Waals surface area contributed by atoms with Gasteiger partial charge in [-0.3, -0.25) is 0 Å². The largest absolute Gasteiger partial charge is 0.490 e. The van der Waals surface area contributed by atoms with Crippen LogP contribution >= 0.6 is 0 Å². The maximum Gasteiger partial charge on any atom is 0.361 e. The van der Waals surface area contributed by atoms with Crippen LogP contribution in [0.1, 0.15) is 69.9 Å². The van der Waals surface area contributed by atoms with Gasteiger partial charge in [-0.1, -0.05) is 87.6 Å². The molecular formula is C29H44NO3+. The monoisotopic (exact) mass is 454 g/mol. The lowest BCUT2D eigenvalue weighted by molar-refractivity contribution is -0.896. The molecule has 0 aromatic heterocycles. The molecule has 0 N–H and O–H groups in total. The summed E-state index contributed by atoms with van der Waals surface area (Å²) in [5.41, 5.74) is 2.49. The zero-order valence-electron chi connectivity index (χ0n) is 21.2. The summed E-state index contributed by atoms with van der Waals surface area (Å²) in [5, 5.41) is 0. The van der Waals surface area contributed by atoms with E-state index in [2.05, 4.69) is 51.4 Å². The van der Waals surface area contributed by atoms with Crippen molar-refractivity contribution in [2.75, 3.05) is 27.2 Å². The smallest absolute Gasteiger partial charge is 0.361 e. The normalized spacial score (nSPS) is 12.4. The summed E-state index contributed by atoms with van der Waals surface area (Å²) in [7, 11) is 4.11. The van der Waals surface area contributed by atoms with Gasteiger partial charge in [0.25, 0.3) is 0 Å². The standard InChI is InChI=1S/C29H44NO3/c1-5-6-7-8-9-13-18-27-19-14-15-20-28(27)33-25(2)21-22-32-29(31)24-30(3,4)23-26-16-11-10-12-17-26/h10-12,14-17,19-20,25H,5-9,13,18,21-24H2,1-4H3/q+1. The van der Waals surface area contributed by atoms with Gasteiger partial charge in [0.2, 0.25) is 0 Å². The van der Waals surface area contributed by atoms with Gasteiger partial charge in [-0.25, -0.2) is 4.79 Å². The van der Waals surface area contributed by atoms with E-state index in [4.69, 9.17) is 9.47 Å². The Balaban J connectivity index is 1.70. The quantitative estimate of drug-likeness (QED) is 0.163. The molecule has 0 spiro atoms. The summed E-state index contributed by atoms with van der Waals surface area (Å²) in [4.78, 5) is 12.4. The number of benzene rings is 2. The number of quaternary nitrogens is 1. The van der Waals surface area contributed by atoms with E-state index in [9.17, 15) is 4.79 Å². The number of carbonyl (C=O) groups is 1. The van der Waals surface area contributed by atoms with E-state index in [0.29, 0.717) is 24.1 Å². The maximum atomic E-state index is 12.4. The Morgan fingerprint density at radius 2 is 1.58 bits per heavy atom. The van der Waals surface area contributed by atoms with E-state index in [-0.39, 0.29) is 12.1 Å². The molecule has 182 valence electrons. The summed E-state index contributed by atoms with van der Waals surface area (Å²) < 4.78 is 12.3. The number of rotatable bonds is 16. The van der Waals surface area contributed by atoms with Crippen LogP contribution in [0.15, 0.2) is 54.6 Å². The number of carbonyl (C=O) groups excluding carboxylic acids is 1. The maximum absolute atomic E-state index is 12.4. The van der Waals surface area contributed by atoms with Crippen LogP contribution in [-0.2, 0) is 22.5 Å². The number of hydrogen-bond donors (Lipinski definition) is 0. The zero-order valence-corrected chi connectivity index (χ0v) is 21.2. The molecule has 2 rings (SSSR count). The molecule has 0 fully saturated rings. The number of ether oxygens (including phenoxy) is 2. The molecule has 0 saturated heterocycles. The first-order valence-electron chi connectivity index (χ1n) is 12.7. The molecule has 2 aromatic carbocycles. The average molecular weight is 455 g/mol. The minimum atomic E-state index is -0.161. The Labute approximate surface area is 201 Å². The van der Waals surface area contributed by atoms with Crippen LogP contribution in [0.5, 0.6) is 5.75 Å². The lowest BCUT2D eigenvalue weighted by atomic mass is 10.0. The van der Waals surface area contributed by atoms with Crippen LogP contribution in [0.25, 0.3) is 0 Å². The number of aryl methyl sites for hydroxylation is 1. The number of likely N-dealkylation sites (N-methyl/N-ethyl adjacent to an activating group) is 1. The van der Waals surface area contributed by atoms with Gasteiger partial charge in [0.1, 0.15) is 12.3 Å². The molecule has 0 bridgehead atoms. The Hall–Kier alpha value is -2.33. The first-order chi connectivity index (χ1) is 15.9. The Kier molecular flexibility index (Phi) is 12.0. The van der Waals surface area contributed by atoms with Gasteiger partial charge < -0.3 is 14.0 Å². The van der Waals surface area contributed by atoms with Crippen LogP contribution in [0, 0.1) is 0 Å². The van der Waals surface area contributed by atoms with E-state index >= 15 is 0 Å². The highest BCUT2D eigenvalue weighted by atomic mass is 16.5. The topological polar surface area (TPSA) is 35.5 Å².